The molecule has 0 aliphatic rings. The van der Waals surface area contributed by atoms with Gasteiger partial charge in [-0.15, -0.1) is 11.3 Å². The van der Waals surface area contributed by atoms with Crippen molar-refractivity contribution in [2.75, 3.05) is 0 Å². The Balaban J connectivity index is 1.66. The van der Waals surface area contributed by atoms with E-state index in [1.807, 2.05) is 24.3 Å². The normalized spacial score (nSPS) is 10.4. The summed E-state index contributed by atoms with van der Waals surface area (Å²) < 4.78 is 1.02. The summed E-state index contributed by atoms with van der Waals surface area (Å²) in [5.41, 5.74) is 5.22. The summed E-state index contributed by atoms with van der Waals surface area (Å²) >= 11 is 7.14. The number of carbonyl (C=O) groups is 2. The van der Waals surface area contributed by atoms with Crippen LogP contribution >= 0.6 is 22.9 Å². The molecule has 3 rings (SSSR count). The minimum Gasteiger partial charge on any atom is -0.267 e. The lowest BCUT2D eigenvalue weighted by molar-refractivity contribution is 0.0849. The van der Waals surface area contributed by atoms with Gasteiger partial charge in [0, 0.05) is 15.3 Å². The molecule has 0 aliphatic heterocycles. The zero-order valence-corrected chi connectivity index (χ0v) is 12.9. The van der Waals surface area contributed by atoms with Crippen molar-refractivity contribution in [1.82, 2.24) is 10.9 Å². The molecule has 22 heavy (non-hydrogen) atoms. The van der Waals surface area contributed by atoms with Crippen molar-refractivity contribution in [3.8, 4) is 0 Å². The maximum absolute atomic E-state index is 12.1. The Bertz CT molecular complexity index is 810. The summed E-state index contributed by atoms with van der Waals surface area (Å²) in [7, 11) is 0. The van der Waals surface area contributed by atoms with E-state index in [0.29, 0.717) is 15.5 Å². The van der Waals surface area contributed by atoms with E-state index in [4.69, 9.17) is 11.6 Å². The van der Waals surface area contributed by atoms with E-state index in [1.54, 1.807) is 30.3 Å². The molecule has 2 N–H and O–H groups in total. The smallest absolute Gasteiger partial charge is 0.267 e. The SMILES string of the molecule is O=C(NNC(=O)c1cc2ccccc2s1)c1ccc(Cl)cc1. The van der Waals surface area contributed by atoms with Crippen LogP contribution in [0.1, 0.15) is 20.0 Å². The molecule has 0 atom stereocenters. The highest BCUT2D eigenvalue weighted by Gasteiger charge is 2.11. The summed E-state index contributed by atoms with van der Waals surface area (Å²) in [4.78, 5) is 24.5. The van der Waals surface area contributed by atoms with Gasteiger partial charge in [-0.2, -0.15) is 0 Å². The Labute approximate surface area is 135 Å². The summed E-state index contributed by atoms with van der Waals surface area (Å²) in [6, 6.07) is 15.9. The zero-order chi connectivity index (χ0) is 15.5. The Morgan fingerprint density at radius 1 is 0.909 bits per heavy atom. The number of carbonyl (C=O) groups excluding carboxylic acids is 2. The molecule has 2 amide bonds. The predicted molar refractivity (Wildman–Crippen MR) is 88.2 cm³/mol. The third-order valence-corrected chi connectivity index (χ3v) is 4.41. The fourth-order valence-corrected chi connectivity index (χ4v) is 3.03. The van der Waals surface area contributed by atoms with Crippen LogP contribution in [0.4, 0.5) is 0 Å². The molecule has 0 unspecified atom stereocenters. The van der Waals surface area contributed by atoms with E-state index in [1.165, 1.54) is 11.3 Å². The van der Waals surface area contributed by atoms with Crippen LogP contribution in [0.5, 0.6) is 0 Å². The van der Waals surface area contributed by atoms with Gasteiger partial charge < -0.3 is 0 Å². The van der Waals surface area contributed by atoms with E-state index in [0.717, 1.165) is 10.1 Å². The number of benzene rings is 2. The van der Waals surface area contributed by atoms with Gasteiger partial charge in [0.25, 0.3) is 11.8 Å². The van der Waals surface area contributed by atoms with Gasteiger partial charge >= 0.3 is 0 Å². The fourth-order valence-electron chi connectivity index (χ4n) is 1.94. The third-order valence-electron chi connectivity index (χ3n) is 3.05. The molecule has 0 spiro atoms. The van der Waals surface area contributed by atoms with Gasteiger partial charge in [0.1, 0.15) is 0 Å². The molecule has 3 aromatic rings. The molecule has 1 heterocycles. The van der Waals surface area contributed by atoms with Crippen LogP contribution in [-0.4, -0.2) is 11.8 Å². The lowest BCUT2D eigenvalue weighted by Crippen LogP contribution is -2.41. The van der Waals surface area contributed by atoms with Gasteiger partial charge in [0.15, 0.2) is 0 Å². The van der Waals surface area contributed by atoms with Crippen LogP contribution in [0.2, 0.25) is 5.02 Å². The number of thiophene rings is 1. The number of hydrogen-bond donors (Lipinski definition) is 2. The quantitative estimate of drug-likeness (QED) is 0.705. The van der Waals surface area contributed by atoms with Crippen molar-refractivity contribution in [3.63, 3.8) is 0 Å². The average molecular weight is 331 g/mol. The first kappa shape index (κ1) is 14.6. The van der Waals surface area contributed by atoms with E-state index < -0.39 is 5.91 Å². The Morgan fingerprint density at radius 3 is 2.32 bits per heavy atom. The maximum atomic E-state index is 12.1. The molecular weight excluding hydrogens is 320 g/mol. The third kappa shape index (κ3) is 3.10. The standard InChI is InChI=1S/C16H11ClN2O2S/c17-12-7-5-10(6-8-12)15(20)18-19-16(21)14-9-11-3-1-2-4-13(11)22-14/h1-9H,(H,18,20)(H,19,21). The van der Waals surface area contributed by atoms with Gasteiger partial charge in [0.05, 0.1) is 4.88 Å². The van der Waals surface area contributed by atoms with Crippen molar-refractivity contribution in [1.29, 1.82) is 0 Å². The molecule has 0 aliphatic carbocycles. The number of amides is 2. The number of nitrogens with one attached hydrogen (secondary N) is 2. The van der Waals surface area contributed by atoms with Crippen molar-refractivity contribution in [2.45, 2.75) is 0 Å². The van der Waals surface area contributed by atoms with Gasteiger partial charge in [0.2, 0.25) is 0 Å². The van der Waals surface area contributed by atoms with Gasteiger partial charge in [-0.05, 0) is 41.8 Å². The van der Waals surface area contributed by atoms with Crippen molar-refractivity contribution < 1.29 is 9.59 Å². The zero-order valence-electron chi connectivity index (χ0n) is 11.3. The molecule has 0 saturated carbocycles. The lowest BCUT2D eigenvalue weighted by Gasteiger charge is -2.06. The largest absolute Gasteiger partial charge is 0.279 e. The first-order valence-corrected chi connectivity index (χ1v) is 7.68. The van der Waals surface area contributed by atoms with Crippen LogP contribution in [-0.2, 0) is 0 Å². The van der Waals surface area contributed by atoms with E-state index in [9.17, 15) is 9.59 Å². The summed E-state index contributed by atoms with van der Waals surface area (Å²) in [5, 5.41) is 1.55. The second-order valence-corrected chi connectivity index (χ2v) is 6.08. The topological polar surface area (TPSA) is 58.2 Å². The highest BCUT2D eigenvalue weighted by atomic mass is 35.5. The van der Waals surface area contributed by atoms with Crippen LogP contribution in [0.3, 0.4) is 0 Å². The van der Waals surface area contributed by atoms with Gasteiger partial charge in [-0.3, -0.25) is 20.4 Å². The second-order valence-electron chi connectivity index (χ2n) is 4.56. The molecule has 2 aromatic carbocycles. The Morgan fingerprint density at radius 2 is 1.59 bits per heavy atom. The summed E-state index contributed by atoms with van der Waals surface area (Å²) in [6.07, 6.45) is 0. The van der Waals surface area contributed by atoms with Gasteiger partial charge in [-0.25, -0.2) is 0 Å². The second kappa shape index (κ2) is 6.17. The molecule has 0 radical (unpaired) electrons. The van der Waals surface area contributed by atoms with Crippen LogP contribution < -0.4 is 10.9 Å². The number of fused-ring (bicyclic) bond motifs is 1. The molecule has 0 saturated heterocycles. The molecule has 0 fully saturated rings. The molecule has 4 nitrogen and oxygen atoms in total. The highest BCUT2D eigenvalue weighted by molar-refractivity contribution is 7.20. The molecule has 1 aromatic heterocycles. The van der Waals surface area contributed by atoms with Crippen LogP contribution in [0.25, 0.3) is 10.1 Å². The molecular formula is C16H11ClN2O2S. The van der Waals surface area contributed by atoms with E-state index in [-0.39, 0.29) is 5.91 Å². The first-order chi connectivity index (χ1) is 10.6. The Kier molecular flexibility index (Phi) is 4.09. The predicted octanol–water partition coefficient (Wildman–Crippen LogP) is 3.63. The number of halogens is 1. The fraction of sp³-hybridized carbons (Fsp3) is 0. The average Bonchev–Trinajstić information content (AvgIpc) is 2.97. The number of hydrogen-bond acceptors (Lipinski definition) is 3. The minimum absolute atomic E-state index is 0.344. The lowest BCUT2D eigenvalue weighted by atomic mass is 10.2. The number of hydrazine groups is 1. The van der Waals surface area contributed by atoms with Crippen molar-refractivity contribution in [3.05, 3.63) is 70.1 Å². The van der Waals surface area contributed by atoms with E-state index >= 15 is 0 Å². The Hall–Kier alpha value is -2.37. The molecule has 110 valence electrons. The maximum Gasteiger partial charge on any atom is 0.279 e. The first-order valence-electron chi connectivity index (χ1n) is 6.48. The number of rotatable bonds is 2. The summed E-state index contributed by atoms with van der Waals surface area (Å²) in [6.45, 7) is 0. The highest BCUT2D eigenvalue weighted by Crippen LogP contribution is 2.24. The molecule has 6 heteroatoms. The molecule has 0 bridgehead atoms. The van der Waals surface area contributed by atoms with Crippen molar-refractivity contribution >= 4 is 44.8 Å². The van der Waals surface area contributed by atoms with Crippen LogP contribution in [0.15, 0.2) is 54.6 Å². The van der Waals surface area contributed by atoms with Crippen molar-refractivity contribution in [2.24, 2.45) is 0 Å². The minimum atomic E-state index is -0.397. The van der Waals surface area contributed by atoms with E-state index in [2.05, 4.69) is 10.9 Å². The van der Waals surface area contributed by atoms with Gasteiger partial charge in [-0.1, -0.05) is 29.8 Å². The summed E-state index contributed by atoms with van der Waals surface area (Å²) in [5.74, 6) is -0.741. The van der Waals surface area contributed by atoms with Crippen LogP contribution in [0, 0.1) is 0 Å². The monoisotopic (exact) mass is 330 g/mol.